The van der Waals surface area contributed by atoms with Gasteiger partial charge in [-0.25, -0.2) is 4.79 Å². The van der Waals surface area contributed by atoms with E-state index in [2.05, 4.69) is 21.8 Å². The van der Waals surface area contributed by atoms with Crippen LogP contribution in [0.5, 0.6) is 11.5 Å². The van der Waals surface area contributed by atoms with E-state index in [-0.39, 0.29) is 6.03 Å². The van der Waals surface area contributed by atoms with E-state index >= 15 is 0 Å². The van der Waals surface area contributed by atoms with Crippen molar-refractivity contribution in [1.82, 2.24) is 15.1 Å². The summed E-state index contributed by atoms with van der Waals surface area (Å²) in [6.07, 6.45) is 5.08. The molecule has 2 N–H and O–H groups in total. The molecule has 148 valence electrons. The van der Waals surface area contributed by atoms with Crippen molar-refractivity contribution in [3.05, 3.63) is 58.5 Å². The fourth-order valence-electron chi connectivity index (χ4n) is 2.76. The topological polar surface area (TPSA) is 77.4 Å². The molecule has 0 aliphatic carbocycles. The first kappa shape index (κ1) is 19.8. The van der Waals surface area contributed by atoms with Crippen LogP contribution in [0.15, 0.2) is 48.1 Å². The number of thiophene rings is 1. The number of hydrogen-bond donors (Lipinski definition) is 2. The van der Waals surface area contributed by atoms with E-state index in [1.165, 1.54) is 4.88 Å². The molecule has 2 heterocycles. The molecule has 8 heteroatoms. The van der Waals surface area contributed by atoms with Gasteiger partial charge < -0.3 is 20.1 Å². The van der Waals surface area contributed by atoms with Gasteiger partial charge in [-0.2, -0.15) is 5.10 Å². The molecule has 28 heavy (non-hydrogen) atoms. The van der Waals surface area contributed by atoms with Crippen molar-refractivity contribution in [1.29, 1.82) is 0 Å². The SMILES string of the molecule is COc1ccc(CCn2cc(NC(=O)NCCc3cccs3)cn2)cc1OC. The summed E-state index contributed by atoms with van der Waals surface area (Å²) in [5, 5.41) is 12.0. The fraction of sp³-hybridized carbons (Fsp3) is 0.300. The Labute approximate surface area is 168 Å². The highest BCUT2D eigenvalue weighted by molar-refractivity contribution is 7.09. The second-order valence-electron chi connectivity index (χ2n) is 6.14. The minimum atomic E-state index is -0.226. The first-order valence-corrected chi connectivity index (χ1v) is 9.86. The molecule has 0 aliphatic rings. The van der Waals surface area contributed by atoms with Crippen LogP contribution in [0.4, 0.5) is 10.5 Å². The molecule has 1 aromatic carbocycles. The van der Waals surface area contributed by atoms with Crippen LogP contribution in [0, 0.1) is 0 Å². The number of carbonyl (C=O) groups excluding carboxylic acids is 1. The number of hydrogen-bond acceptors (Lipinski definition) is 5. The predicted octanol–water partition coefficient (Wildman–Crippen LogP) is 3.57. The number of ether oxygens (including phenoxy) is 2. The molecule has 0 spiro atoms. The average molecular weight is 401 g/mol. The van der Waals surface area contributed by atoms with Crippen LogP contribution in [0.1, 0.15) is 10.4 Å². The van der Waals surface area contributed by atoms with Gasteiger partial charge in [0.15, 0.2) is 11.5 Å². The maximum atomic E-state index is 12.0. The standard InChI is InChI=1S/C20H24N4O3S/c1-26-18-6-5-15(12-19(18)27-2)8-10-24-14-16(13-22-24)23-20(25)21-9-7-17-4-3-11-28-17/h3-6,11-14H,7-10H2,1-2H3,(H2,21,23,25). The van der Waals surface area contributed by atoms with Crippen molar-refractivity contribution >= 4 is 23.1 Å². The number of nitrogens with zero attached hydrogens (tertiary/aromatic N) is 2. The zero-order chi connectivity index (χ0) is 19.8. The minimum Gasteiger partial charge on any atom is -0.493 e. The molecule has 7 nitrogen and oxygen atoms in total. The number of anilines is 1. The fourth-order valence-corrected chi connectivity index (χ4v) is 3.47. The zero-order valence-corrected chi connectivity index (χ0v) is 16.8. The predicted molar refractivity (Wildman–Crippen MR) is 111 cm³/mol. The Morgan fingerprint density at radius 3 is 2.79 bits per heavy atom. The van der Waals surface area contributed by atoms with E-state index in [9.17, 15) is 4.79 Å². The van der Waals surface area contributed by atoms with Crippen LogP contribution in [-0.4, -0.2) is 36.6 Å². The van der Waals surface area contributed by atoms with Crippen molar-refractivity contribution in [3.63, 3.8) is 0 Å². The Morgan fingerprint density at radius 1 is 1.18 bits per heavy atom. The highest BCUT2D eigenvalue weighted by Gasteiger charge is 2.07. The third kappa shape index (κ3) is 5.50. The van der Waals surface area contributed by atoms with E-state index in [0.717, 1.165) is 18.4 Å². The molecule has 0 unspecified atom stereocenters. The first-order valence-electron chi connectivity index (χ1n) is 8.98. The van der Waals surface area contributed by atoms with Crippen molar-refractivity contribution in [2.24, 2.45) is 0 Å². The molecule has 0 atom stereocenters. The summed E-state index contributed by atoms with van der Waals surface area (Å²) in [5.74, 6) is 1.42. The molecule has 3 aromatic rings. The number of urea groups is 1. The number of methoxy groups -OCH3 is 2. The van der Waals surface area contributed by atoms with E-state index < -0.39 is 0 Å². The second-order valence-corrected chi connectivity index (χ2v) is 7.17. The number of rotatable bonds is 9. The van der Waals surface area contributed by atoms with Crippen LogP contribution in [-0.2, 0) is 19.4 Å². The normalized spacial score (nSPS) is 10.5. The van der Waals surface area contributed by atoms with Crippen LogP contribution < -0.4 is 20.1 Å². The number of aromatic nitrogens is 2. The van der Waals surface area contributed by atoms with Gasteiger partial charge in [0, 0.05) is 24.2 Å². The summed E-state index contributed by atoms with van der Waals surface area (Å²) in [5.41, 5.74) is 1.79. The summed E-state index contributed by atoms with van der Waals surface area (Å²) in [6.45, 7) is 1.29. The number of amides is 2. The maximum absolute atomic E-state index is 12.0. The van der Waals surface area contributed by atoms with Gasteiger partial charge in [0.2, 0.25) is 0 Å². The highest BCUT2D eigenvalue weighted by atomic mass is 32.1. The van der Waals surface area contributed by atoms with Gasteiger partial charge in [-0.05, 0) is 42.0 Å². The molecule has 0 fully saturated rings. The van der Waals surface area contributed by atoms with E-state index in [1.54, 1.807) is 36.4 Å². The Hall–Kier alpha value is -3.00. The third-order valence-electron chi connectivity index (χ3n) is 4.21. The van der Waals surface area contributed by atoms with Gasteiger partial charge in [-0.15, -0.1) is 11.3 Å². The maximum Gasteiger partial charge on any atom is 0.319 e. The molecule has 0 saturated carbocycles. The summed E-state index contributed by atoms with van der Waals surface area (Å²) >= 11 is 1.69. The second kappa shape index (κ2) is 9.80. The zero-order valence-electron chi connectivity index (χ0n) is 16.0. The minimum absolute atomic E-state index is 0.226. The van der Waals surface area contributed by atoms with Crippen molar-refractivity contribution in [3.8, 4) is 11.5 Å². The molecule has 2 aromatic heterocycles. The largest absolute Gasteiger partial charge is 0.493 e. The smallest absolute Gasteiger partial charge is 0.319 e. The summed E-state index contributed by atoms with van der Waals surface area (Å²) < 4.78 is 12.4. The lowest BCUT2D eigenvalue weighted by atomic mass is 10.1. The quantitative estimate of drug-likeness (QED) is 0.576. The van der Waals surface area contributed by atoms with E-state index in [0.29, 0.717) is 30.3 Å². The average Bonchev–Trinajstić information content (AvgIpc) is 3.38. The van der Waals surface area contributed by atoms with Gasteiger partial charge in [-0.3, -0.25) is 4.68 Å². The number of carbonyl (C=O) groups is 1. The van der Waals surface area contributed by atoms with Gasteiger partial charge in [0.05, 0.1) is 26.1 Å². The van der Waals surface area contributed by atoms with E-state index in [1.807, 2.05) is 35.8 Å². The van der Waals surface area contributed by atoms with Crippen molar-refractivity contribution in [2.45, 2.75) is 19.4 Å². The third-order valence-corrected chi connectivity index (χ3v) is 5.14. The first-order chi connectivity index (χ1) is 13.7. The van der Waals surface area contributed by atoms with Crippen molar-refractivity contribution in [2.75, 3.05) is 26.1 Å². The number of benzene rings is 1. The lowest BCUT2D eigenvalue weighted by molar-refractivity contribution is 0.252. The Bertz CT molecular complexity index is 893. The molecule has 0 aliphatic heterocycles. The van der Waals surface area contributed by atoms with Gasteiger partial charge in [-0.1, -0.05) is 12.1 Å². The van der Waals surface area contributed by atoms with Gasteiger partial charge in [0.1, 0.15) is 0 Å². The molecule has 0 bridgehead atoms. The molecule has 0 saturated heterocycles. The van der Waals surface area contributed by atoms with Crippen LogP contribution in [0.3, 0.4) is 0 Å². The molecule has 2 amide bonds. The summed E-state index contributed by atoms with van der Waals surface area (Å²) in [7, 11) is 3.24. The number of aryl methyl sites for hydroxylation is 2. The highest BCUT2D eigenvalue weighted by Crippen LogP contribution is 2.27. The lowest BCUT2D eigenvalue weighted by Gasteiger charge is -2.09. The van der Waals surface area contributed by atoms with E-state index in [4.69, 9.17) is 9.47 Å². The molecular formula is C20H24N4O3S. The van der Waals surface area contributed by atoms with Gasteiger partial charge in [0.25, 0.3) is 0 Å². The van der Waals surface area contributed by atoms with Crippen molar-refractivity contribution < 1.29 is 14.3 Å². The monoisotopic (exact) mass is 400 g/mol. The summed E-state index contributed by atoms with van der Waals surface area (Å²) in [6, 6.07) is 9.71. The van der Waals surface area contributed by atoms with Gasteiger partial charge >= 0.3 is 6.03 Å². The Morgan fingerprint density at radius 2 is 2.04 bits per heavy atom. The van der Waals surface area contributed by atoms with Crippen LogP contribution in [0.25, 0.3) is 0 Å². The molecule has 0 radical (unpaired) electrons. The molecular weight excluding hydrogens is 376 g/mol. The van der Waals surface area contributed by atoms with Crippen LogP contribution in [0.2, 0.25) is 0 Å². The van der Waals surface area contributed by atoms with Crippen LogP contribution >= 0.6 is 11.3 Å². The summed E-state index contributed by atoms with van der Waals surface area (Å²) in [4.78, 5) is 13.2. The Balaban J connectivity index is 1.45. The lowest BCUT2D eigenvalue weighted by Crippen LogP contribution is -2.30. The molecule has 3 rings (SSSR count). The Kier molecular flexibility index (Phi) is 6.91. The number of nitrogens with one attached hydrogen (secondary N) is 2.